The van der Waals surface area contributed by atoms with Gasteiger partial charge in [-0.2, -0.15) is 0 Å². The third kappa shape index (κ3) is 15.6. The minimum atomic E-state index is -0.314. The molecule has 2 aromatic rings. The Morgan fingerprint density at radius 3 is 2.12 bits per heavy atom. The van der Waals surface area contributed by atoms with Crippen LogP contribution in [0.4, 0.5) is 5.82 Å². The zero-order valence-corrected chi connectivity index (χ0v) is 27.0. The number of rotatable bonds is 13. The van der Waals surface area contributed by atoms with E-state index in [0.29, 0.717) is 11.4 Å². The van der Waals surface area contributed by atoms with Crippen molar-refractivity contribution in [3.05, 3.63) is 83.6 Å². The summed E-state index contributed by atoms with van der Waals surface area (Å²) in [5, 5.41) is 0. The Kier molecular flexibility index (Phi) is 20.2. The van der Waals surface area contributed by atoms with Crippen LogP contribution in [0.15, 0.2) is 66.9 Å². The fourth-order valence-electron chi connectivity index (χ4n) is 3.58. The fraction of sp³-hybridized carbons (Fsp3) is 0.529. The van der Waals surface area contributed by atoms with Gasteiger partial charge >= 0.3 is 5.97 Å². The minimum absolute atomic E-state index is 0.132. The van der Waals surface area contributed by atoms with E-state index < -0.39 is 0 Å². The van der Waals surface area contributed by atoms with Crippen LogP contribution in [0.5, 0.6) is 0 Å². The zero-order chi connectivity index (χ0) is 30.5. The highest BCUT2D eigenvalue weighted by atomic mass is 16.5. The summed E-state index contributed by atoms with van der Waals surface area (Å²) in [7, 11) is 4.06. The number of ether oxygens (including phenoxy) is 1. The Morgan fingerprint density at radius 2 is 1.65 bits per heavy atom. The van der Waals surface area contributed by atoms with Crippen molar-refractivity contribution in [2.75, 3.05) is 51.7 Å². The van der Waals surface area contributed by atoms with Gasteiger partial charge in [0, 0.05) is 38.9 Å². The molecular weight excluding hydrogens is 496 g/mol. The third-order valence-electron chi connectivity index (χ3n) is 5.86. The number of aryl methyl sites for hydroxylation is 1. The van der Waals surface area contributed by atoms with Gasteiger partial charge in [-0.25, -0.2) is 9.78 Å². The molecular formula is C34H56N4O2. The van der Waals surface area contributed by atoms with Crippen LogP contribution in [0.2, 0.25) is 0 Å². The SMILES string of the molecule is C=C/C(=C\C)CN(CC)Cc1ccc(C)cc1.CCC.CCN(CCN(C)C)c1ncccc1C(=O)OC(C)C. The Hall–Kier alpha value is -2.96. The average Bonchev–Trinajstić information content (AvgIpc) is 2.93. The molecule has 6 nitrogen and oxygen atoms in total. The van der Waals surface area contributed by atoms with Crippen molar-refractivity contribution in [2.24, 2.45) is 0 Å². The van der Waals surface area contributed by atoms with Crippen molar-refractivity contribution in [1.82, 2.24) is 14.8 Å². The first-order valence-corrected chi connectivity index (χ1v) is 14.7. The second kappa shape index (κ2) is 21.8. The second-order valence-corrected chi connectivity index (χ2v) is 10.3. The summed E-state index contributed by atoms with van der Waals surface area (Å²) in [6.45, 7) is 25.8. The number of allylic oxidation sites excluding steroid dienone is 1. The van der Waals surface area contributed by atoms with Crippen LogP contribution in [0, 0.1) is 6.92 Å². The van der Waals surface area contributed by atoms with Gasteiger partial charge in [0.2, 0.25) is 0 Å². The molecule has 1 heterocycles. The maximum absolute atomic E-state index is 12.1. The van der Waals surface area contributed by atoms with Crippen molar-refractivity contribution in [1.29, 1.82) is 0 Å². The first-order valence-electron chi connectivity index (χ1n) is 14.7. The lowest BCUT2D eigenvalue weighted by Gasteiger charge is -2.25. The molecule has 0 N–H and O–H groups in total. The predicted octanol–water partition coefficient (Wildman–Crippen LogP) is 7.40. The molecule has 40 heavy (non-hydrogen) atoms. The van der Waals surface area contributed by atoms with Crippen LogP contribution in [0.3, 0.4) is 0 Å². The number of nitrogens with zero attached hydrogens (tertiary/aromatic N) is 4. The largest absolute Gasteiger partial charge is 0.459 e. The molecule has 0 saturated carbocycles. The standard InChI is InChI=1S/C16H23N.C15H25N3O2.C3H8/c1-5-15(6-2)12-17(7-3)13-16-10-8-14(4)9-11-16;1-6-18(11-10-17(4)5)14-13(8-7-9-16-14)15(19)20-12(2)3;1-3-2/h5-6,8-11H,1,7,12-13H2,2-4H3;7-9,12H,6,10-11H2,1-5H3;3H2,1-2H3/b15-6+;;. The Balaban J connectivity index is 0.000000699. The summed E-state index contributed by atoms with van der Waals surface area (Å²) >= 11 is 0. The molecule has 0 aliphatic rings. The first kappa shape index (κ1) is 37.0. The quantitative estimate of drug-likeness (QED) is 0.191. The van der Waals surface area contributed by atoms with Crippen molar-refractivity contribution in [3.8, 4) is 0 Å². The maximum Gasteiger partial charge on any atom is 0.342 e. The molecule has 0 saturated heterocycles. The Labute approximate surface area is 245 Å². The number of carbonyl (C=O) groups is 1. The number of esters is 1. The lowest BCUT2D eigenvalue weighted by molar-refractivity contribution is 0.0378. The number of aromatic nitrogens is 1. The molecule has 0 aliphatic carbocycles. The van der Waals surface area contributed by atoms with Crippen LogP contribution in [0.25, 0.3) is 0 Å². The summed E-state index contributed by atoms with van der Waals surface area (Å²) in [6.07, 6.45) is 6.90. The molecule has 0 atom stereocenters. The highest BCUT2D eigenvalue weighted by Crippen LogP contribution is 2.18. The van der Waals surface area contributed by atoms with Gasteiger partial charge in [-0.05, 0) is 78.5 Å². The summed E-state index contributed by atoms with van der Waals surface area (Å²) < 4.78 is 5.28. The monoisotopic (exact) mass is 552 g/mol. The number of carbonyl (C=O) groups excluding carboxylic acids is 1. The third-order valence-corrected chi connectivity index (χ3v) is 5.86. The van der Waals surface area contributed by atoms with Crippen LogP contribution >= 0.6 is 0 Å². The van der Waals surface area contributed by atoms with E-state index in [4.69, 9.17) is 4.74 Å². The first-order chi connectivity index (χ1) is 19.1. The molecule has 1 aromatic heterocycles. The van der Waals surface area contributed by atoms with E-state index in [1.54, 1.807) is 18.3 Å². The van der Waals surface area contributed by atoms with Gasteiger partial charge in [-0.3, -0.25) is 4.90 Å². The molecule has 0 aliphatic heterocycles. The average molecular weight is 553 g/mol. The molecule has 0 fully saturated rings. The number of hydrogen-bond donors (Lipinski definition) is 0. The maximum atomic E-state index is 12.1. The zero-order valence-electron chi connectivity index (χ0n) is 27.0. The van der Waals surface area contributed by atoms with E-state index in [9.17, 15) is 4.79 Å². The lowest BCUT2D eigenvalue weighted by atomic mass is 10.1. The van der Waals surface area contributed by atoms with E-state index in [-0.39, 0.29) is 12.1 Å². The fourth-order valence-corrected chi connectivity index (χ4v) is 3.58. The van der Waals surface area contributed by atoms with Crippen molar-refractivity contribution >= 4 is 11.8 Å². The van der Waals surface area contributed by atoms with Gasteiger partial charge in [0.1, 0.15) is 11.4 Å². The van der Waals surface area contributed by atoms with Crippen LogP contribution < -0.4 is 4.90 Å². The summed E-state index contributed by atoms with van der Waals surface area (Å²) in [4.78, 5) is 23.1. The molecule has 1 aromatic carbocycles. The van der Waals surface area contributed by atoms with Gasteiger partial charge in [-0.1, -0.05) is 75.8 Å². The summed E-state index contributed by atoms with van der Waals surface area (Å²) in [6, 6.07) is 12.3. The molecule has 0 radical (unpaired) electrons. The van der Waals surface area contributed by atoms with Crippen molar-refractivity contribution in [3.63, 3.8) is 0 Å². The van der Waals surface area contributed by atoms with E-state index in [1.807, 2.05) is 34.0 Å². The summed E-state index contributed by atoms with van der Waals surface area (Å²) in [5.41, 5.74) is 4.51. The highest BCUT2D eigenvalue weighted by molar-refractivity contribution is 5.94. The number of hydrogen-bond acceptors (Lipinski definition) is 6. The van der Waals surface area contributed by atoms with Gasteiger partial charge in [-0.15, -0.1) is 0 Å². The second-order valence-electron chi connectivity index (χ2n) is 10.3. The van der Waals surface area contributed by atoms with Crippen LogP contribution in [-0.4, -0.2) is 73.7 Å². The van der Waals surface area contributed by atoms with E-state index in [1.165, 1.54) is 23.1 Å². The molecule has 0 amide bonds. The number of likely N-dealkylation sites (N-methyl/N-ethyl adjacent to an activating group) is 3. The predicted molar refractivity (Wildman–Crippen MR) is 173 cm³/mol. The normalized spacial score (nSPS) is 11.0. The molecule has 0 spiro atoms. The van der Waals surface area contributed by atoms with Crippen LogP contribution in [-0.2, 0) is 11.3 Å². The Bertz CT molecular complexity index is 984. The van der Waals surface area contributed by atoms with Crippen molar-refractivity contribution in [2.45, 2.75) is 74.5 Å². The van der Waals surface area contributed by atoms with Gasteiger partial charge in [0.15, 0.2) is 0 Å². The molecule has 0 unspecified atom stereocenters. The molecule has 6 heteroatoms. The van der Waals surface area contributed by atoms with Gasteiger partial charge in [0.25, 0.3) is 0 Å². The Morgan fingerprint density at radius 1 is 1.02 bits per heavy atom. The lowest BCUT2D eigenvalue weighted by Crippen LogP contribution is -2.33. The molecule has 2 rings (SSSR count). The highest BCUT2D eigenvalue weighted by Gasteiger charge is 2.19. The van der Waals surface area contributed by atoms with Crippen LogP contribution in [0.1, 0.15) is 76.4 Å². The van der Waals surface area contributed by atoms with E-state index >= 15 is 0 Å². The smallest absolute Gasteiger partial charge is 0.342 e. The topological polar surface area (TPSA) is 48.9 Å². The number of pyridine rings is 1. The van der Waals surface area contributed by atoms with Gasteiger partial charge < -0.3 is 14.5 Å². The van der Waals surface area contributed by atoms with Crippen molar-refractivity contribution < 1.29 is 9.53 Å². The number of anilines is 1. The minimum Gasteiger partial charge on any atom is -0.459 e. The summed E-state index contributed by atoms with van der Waals surface area (Å²) in [5.74, 6) is 0.383. The van der Waals surface area contributed by atoms with E-state index in [2.05, 4.69) is 98.1 Å². The number of benzene rings is 1. The molecule has 0 bridgehead atoms. The molecule has 224 valence electrons. The van der Waals surface area contributed by atoms with E-state index in [0.717, 1.165) is 39.3 Å². The van der Waals surface area contributed by atoms with Gasteiger partial charge in [0.05, 0.1) is 6.10 Å².